The molecule has 0 aromatic carbocycles. The van der Waals surface area contributed by atoms with Crippen LogP contribution < -0.4 is 11.3 Å². The Hall–Kier alpha value is -0.910. The van der Waals surface area contributed by atoms with Crippen LogP contribution in [0.1, 0.15) is 45.9 Å². The number of hydrogen-bond donors (Lipinski definition) is 2. The van der Waals surface area contributed by atoms with E-state index in [1.165, 1.54) is 0 Å². The average molecular weight is 254 g/mol. The van der Waals surface area contributed by atoms with Crippen LogP contribution in [0, 0.1) is 0 Å². The predicted molar refractivity (Wildman–Crippen MR) is 73.1 cm³/mol. The molecule has 0 saturated heterocycles. The van der Waals surface area contributed by atoms with E-state index in [9.17, 15) is 0 Å². The first-order valence-corrected chi connectivity index (χ1v) is 6.49. The molecule has 0 fully saturated rings. The smallest absolute Gasteiger partial charge is 0.0792 e. The van der Waals surface area contributed by atoms with Gasteiger partial charge in [-0.15, -0.1) is 0 Å². The Morgan fingerprint density at radius 1 is 1.56 bits per heavy atom. The first-order chi connectivity index (χ1) is 8.44. The molecule has 2 atom stereocenters. The van der Waals surface area contributed by atoms with Gasteiger partial charge in [-0.05, 0) is 33.3 Å². The Labute approximate surface area is 110 Å². The van der Waals surface area contributed by atoms with Crippen LogP contribution in [0.4, 0.5) is 0 Å². The van der Waals surface area contributed by atoms with Crippen LogP contribution in [0.25, 0.3) is 0 Å². The van der Waals surface area contributed by atoms with Crippen molar-refractivity contribution < 1.29 is 4.74 Å². The van der Waals surface area contributed by atoms with Gasteiger partial charge in [0.25, 0.3) is 0 Å². The molecule has 0 aliphatic heterocycles. The van der Waals surface area contributed by atoms with E-state index in [1.54, 1.807) is 7.11 Å². The van der Waals surface area contributed by atoms with Crippen molar-refractivity contribution in [3.63, 3.8) is 0 Å². The number of nitrogens with one attached hydrogen (secondary N) is 1. The molecule has 2 unspecified atom stereocenters. The highest BCUT2D eigenvalue weighted by molar-refractivity contribution is 5.04. The van der Waals surface area contributed by atoms with Crippen molar-refractivity contribution in [2.45, 2.75) is 58.2 Å². The minimum Gasteiger partial charge on any atom is -0.377 e. The van der Waals surface area contributed by atoms with E-state index in [1.807, 2.05) is 30.8 Å². The Morgan fingerprint density at radius 2 is 2.22 bits per heavy atom. The largest absolute Gasteiger partial charge is 0.377 e. The number of methoxy groups -OCH3 is 1. The van der Waals surface area contributed by atoms with E-state index in [2.05, 4.69) is 24.4 Å². The second-order valence-electron chi connectivity index (χ2n) is 5.28. The molecule has 1 rings (SSSR count). The van der Waals surface area contributed by atoms with Crippen LogP contribution in [0.5, 0.6) is 0 Å². The molecule has 0 aliphatic rings. The van der Waals surface area contributed by atoms with E-state index in [0.717, 1.165) is 18.5 Å². The van der Waals surface area contributed by atoms with Gasteiger partial charge >= 0.3 is 0 Å². The van der Waals surface area contributed by atoms with Crippen molar-refractivity contribution in [3.8, 4) is 0 Å². The zero-order chi connectivity index (χ0) is 13.8. The first-order valence-electron chi connectivity index (χ1n) is 6.49. The van der Waals surface area contributed by atoms with Crippen molar-refractivity contribution in [1.29, 1.82) is 0 Å². The summed E-state index contributed by atoms with van der Waals surface area (Å²) >= 11 is 0. The highest BCUT2D eigenvalue weighted by Crippen LogP contribution is 2.17. The standard InChI is InChI=1S/C13H26N4O/c1-6-10(2)17-8-7-11(16-17)9-12(15-14)13(3,4)18-5/h7-8,10,12,15H,6,9,14H2,1-5H3. The third-order valence-electron chi connectivity index (χ3n) is 3.69. The lowest BCUT2D eigenvalue weighted by atomic mass is 9.95. The molecule has 0 radical (unpaired) electrons. The number of nitrogens with zero attached hydrogens (tertiary/aromatic N) is 2. The van der Waals surface area contributed by atoms with Crippen LogP contribution in [0.3, 0.4) is 0 Å². The van der Waals surface area contributed by atoms with Gasteiger partial charge in [-0.25, -0.2) is 0 Å². The minimum atomic E-state index is -0.325. The van der Waals surface area contributed by atoms with Crippen molar-refractivity contribution >= 4 is 0 Å². The minimum absolute atomic E-state index is 0.0304. The lowest BCUT2D eigenvalue weighted by Gasteiger charge is -2.32. The monoisotopic (exact) mass is 254 g/mol. The summed E-state index contributed by atoms with van der Waals surface area (Å²) in [5, 5.41) is 4.58. The maximum Gasteiger partial charge on any atom is 0.0792 e. The Bertz CT molecular complexity index is 362. The van der Waals surface area contributed by atoms with Crippen LogP contribution in [0.2, 0.25) is 0 Å². The Balaban J connectivity index is 2.74. The average Bonchev–Trinajstić information content (AvgIpc) is 2.83. The van der Waals surface area contributed by atoms with Crippen molar-refractivity contribution in [2.75, 3.05) is 7.11 Å². The van der Waals surface area contributed by atoms with Crippen molar-refractivity contribution in [1.82, 2.24) is 15.2 Å². The van der Waals surface area contributed by atoms with Crippen molar-refractivity contribution in [2.24, 2.45) is 5.84 Å². The zero-order valence-corrected chi connectivity index (χ0v) is 12.1. The fraction of sp³-hybridized carbons (Fsp3) is 0.769. The van der Waals surface area contributed by atoms with Gasteiger partial charge in [0.2, 0.25) is 0 Å². The van der Waals surface area contributed by atoms with Gasteiger partial charge in [0, 0.05) is 25.8 Å². The number of rotatable bonds is 7. The molecule has 3 N–H and O–H groups in total. The van der Waals surface area contributed by atoms with Crippen molar-refractivity contribution in [3.05, 3.63) is 18.0 Å². The van der Waals surface area contributed by atoms with Gasteiger partial charge in [-0.2, -0.15) is 5.10 Å². The molecule has 0 bridgehead atoms. The van der Waals surface area contributed by atoms with Gasteiger partial charge < -0.3 is 4.74 Å². The summed E-state index contributed by atoms with van der Waals surface area (Å²) < 4.78 is 7.46. The van der Waals surface area contributed by atoms with Gasteiger partial charge in [-0.3, -0.25) is 16.0 Å². The topological polar surface area (TPSA) is 65.1 Å². The Morgan fingerprint density at radius 3 is 2.72 bits per heavy atom. The van der Waals surface area contributed by atoms with Crippen LogP contribution in [-0.4, -0.2) is 28.5 Å². The second-order valence-corrected chi connectivity index (χ2v) is 5.28. The van der Waals surface area contributed by atoms with E-state index in [-0.39, 0.29) is 11.6 Å². The molecular formula is C13H26N4O. The van der Waals surface area contributed by atoms with E-state index < -0.39 is 0 Å². The molecule has 0 aliphatic carbocycles. The Kier molecular flexibility index (Phi) is 5.31. The maximum atomic E-state index is 5.61. The normalized spacial score (nSPS) is 15.7. The predicted octanol–water partition coefficient (Wildman–Crippen LogP) is 1.65. The summed E-state index contributed by atoms with van der Waals surface area (Å²) in [7, 11) is 1.70. The summed E-state index contributed by atoms with van der Waals surface area (Å²) in [4.78, 5) is 0. The van der Waals surface area contributed by atoms with E-state index >= 15 is 0 Å². The quantitative estimate of drug-likeness (QED) is 0.573. The summed E-state index contributed by atoms with van der Waals surface area (Å²) in [5.74, 6) is 5.61. The van der Waals surface area contributed by atoms with Gasteiger partial charge in [-0.1, -0.05) is 6.92 Å². The number of aromatic nitrogens is 2. The highest BCUT2D eigenvalue weighted by atomic mass is 16.5. The fourth-order valence-corrected chi connectivity index (χ4v) is 1.78. The molecule has 0 saturated carbocycles. The van der Waals surface area contributed by atoms with E-state index in [0.29, 0.717) is 6.04 Å². The molecule has 1 heterocycles. The SMILES string of the molecule is CCC(C)n1ccc(CC(NN)C(C)(C)OC)n1. The second kappa shape index (κ2) is 6.31. The van der Waals surface area contributed by atoms with Crippen LogP contribution in [0.15, 0.2) is 12.3 Å². The number of hydrazine groups is 1. The maximum absolute atomic E-state index is 5.61. The lowest BCUT2D eigenvalue weighted by Crippen LogP contribution is -2.52. The summed E-state index contributed by atoms with van der Waals surface area (Å²) in [6.45, 7) is 8.35. The third-order valence-corrected chi connectivity index (χ3v) is 3.69. The number of ether oxygens (including phenoxy) is 1. The number of nitrogens with two attached hydrogens (primary N) is 1. The summed E-state index contributed by atoms with van der Waals surface area (Å²) in [6, 6.07) is 2.50. The van der Waals surface area contributed by atoms with Gasteiger partial charge in [0.1, 0.15) is 0 Å². The summed E-state index contributed by atoms with van der Waals surface area (Å²) in [6.07, 6.45) is 3.85. The molecule has 1 aromatic rings. The number of hydrogen-bond acceptors (Lipinski definition) is 4. The molecular weight excluding hydrogens is 228 g/mol. The first kappa shape index (κ1) is 15.1. The van der Waals surface area contributed by atoms with Crippen LogP contribution in [-0.2, 0) is 11.2 Å². The fourth-order valence-electron chi connectivity index (χ4n) is 1.78. The summed E-state index contributed by atoms with van der Waals surface area (Å²) in [5.41, 5.74) is 3.53. The third kappa shape index (κ3) is 3.54. The van der Waals surface area contributed by atoms with Gasteiger partial charge in [0.15, 0.2) is 0 Å². The molecule has 18 heavy (non-hydrogen) atoms. The van der Waals surface area contributed by atoms with E-state index in [4.69, 9.17) is 10.6 Å². The van der Waals surface area contributed by atoms with Gasteiger partial charge in [0.05, 0.1) is 17.3 Å². The molecule has 5 heteroatoms. The molecule has 0 spiro atoms. The lowest BCUT2D eigenvalue weighted by molar-refractivity contribution is -0.0103. The highest BCUT2D eigenvalue weighted by Gasteiger charge is 2.29. The molecule has 104 valence electrons. The molecule has 1 aromatic heterocycles. The van der Waals surface area contributed by atoms with Crippen LogP contribution >= 0.6 is 0 Å². The molecule has 0 amide bonds. The molecule has 5 nitrogen and oxygen atoms in total. The zero-order valence-electron chi connectivity index (χ0n) is 12.1.